The minimum Gasteiger partial charge on any atom is -0.496 e. The third-order valence-electron chi connectivity index (χ3n) is 4.39. The molecule has 0 bridgehead atoms. The molecule has 0 aliphatic rings. The molecule has 1 N–H and O–H groups in total. The van der Waals surface area contributed by atoms with Gasteiger partial charge in [-0.3, -0.25) is 4.79 Å². The van der Waals surface area contributed by atoms with Gasteiger partial charge in [0.15, 0.2) is 11.5 Å². The topological polar surface area (TPSA) is 56.8 Å². The van der Waals surface area contributed by atoms with Crippen LogP contribution in [0.25, 0.3) is 0 Å². The Hall–Kier alpha value is -3.18. The van der Waals surface area contributed by atoms with Crippen molar-refractivity contribution in [3.8, 4) is 17.2 Å². The number of hydrogen-bond donors (Lipinski definition) is 1. The summed E-state index contributed by atoms with van der Waals surface area (Å²) in [6.07, 6.45) is 0. The average Bonchev–Trinajstić information content (AvgIpc) is 2.76. The molecule has 0 fully saturated rings. The molecule has 29 heavy (non-hydrogen) atoms. The van der Waals surface area contributed by atoms with Gasteiger partial charge >= 0.3 is 0 Å². The molecule has 3 aromatic carbocycles. The number of carbonyl (C=O) groups is 1. The number of carbonyl (C=O) groups excluding carboxylic acids is 1. The zero-order chi connectivity index (χ0) is 20.6. The molecule has 0 unspecified atom stereocenters. The number of rotatable bonds is 8. The Morgan fingerprint density at radius 2 is 1.55 bits per heavy atom. The van der Waals surface area contributed by atoms with Crippen LogP contribution in [0.1, 0.15) is 21.5 Å². The van der Waals surface area contributed by atoms with Crippen molar-refractivity contribution in [1.82, 2.24) is 5.32 Å². The number of hydrogen-bond acceptors (Lipinski definition) is 4. The first-order valence-electron chi connectivity index (χ1n) is 9.06. The Kier molecular flexibility index (Phi) is 6.98. The number of nitrogens with one attached hydrogen (secondary N) is 1. The van der Waals surface area contributed by atoms with Crippen LogP contribution in [-0.4, -0.2) is 20.1 Å². The van der Waals surface area contributed by atoms with E-state index < -0.39 is 0 Å². The van der Waals surface area contributed by atoms with Crippen molar-refractivity contribution in [2.24, 2.45) is 0 Å². The van der Waals surface area contributed by atoms with Gasteiger partial charge in [-0.25, -0.2) is 0 Å². The molecule has 3 rings (SSSR count). The van der Waals surface area contributed by atoms with E-state index in [0.29, 0.717) is 34.4 Å². The minimum absolute atomic E-state index is 0.203. The molecular weight excluding hydrogens is 390 g/mol. The second-order valence-corrected chi connectivity index (χ2v) is 6.65. The fourth-order valence-electron chi connectivity index (χ4n) is 2.85. The van der Waals surface area contributed by atoms with Gasteiger partial charge in [0.1, 0.15) is 12.4 Å². The van der Waals surface area contributed by atoms with E-state index in [1.807, 2.05) is 42.5 Å². The van der Waals surface area contributed by atoms with Crippen molar-refractivity contribution in [3.05, 3.63) is 88.4 Å². The molecule has 0 atom stereocenters. The quantitative estimate of drug-likeness (QED) is 0.574. The molecule has 150 valence electrons. The number of benzene rings is 3. The fourth-order valence-corrected chi connectivity index (χ4v) is 3.05. The van der Waals surface area contributed by atoms with Crippen LogP contribution in [0.4, 0.5) is 0 Å². The molecule has 3 aromatic rings. The number of halogens is 1. The van der Waals surface area contributed by atoms with Gasteiger partial charge in [-0.05, 0) is 42.0 Å². The van der Waals surface area contributed by atoms with Crippen LogP contribution in [0.3, 0.4) is 0 Å². The van der Waals surface area contributed by atoms with Crippen LogP contribution >= 0.6 is 11.6 Å². The van der Waals surface area contributed by atoms with E-state index in [-0.39, 0.29) is 12.5 Å². The van der Waals surface area contributed by atoms with Crippen LogP contribution in [0.15, 0.2) is 66.7 Å². The Morgan fingerprint density at radius 1 is 0.862 bits per heavy atom. The Balaban J connectivity index is 1.72. The molecule has 0 saturated heterocycles. The number of amides is 1. The van der Waals surface area contributed by atoms with E-state index in [0.717, 1.165) is 11.1 Å². The van der Waals surface area contributed by atoms with Crippen molar-refractivity contribution in [3.63, 3.8) is 0 Å². The Labute approximate surface area is 175 Å². The molecule has 0 spiro atoms. The van der Waals surface area contributed by atoms with Crippen LogP contribution < -0.4 is 19.5 Å². The number of para-hydroxylation sites is 2. The highest BCUT2D eigenvalue weighted by Gasteiger charge is 2.12. The smallest absolute Gasteiger partial charge is 0.251 e. The van der Waals surface area contributed by atoms with Gasteiger partial charge < -0.3 is 19.5 Å². The zero-order valence-corrected chi connectivity index (χ0v) is 17.0. The van der Waals surface area contributed by atoms with Gasteiger partial charge in [0.05, 0.1) is 14.2 Å². The van der Waals surface area contributed by atoms with E-state index in [9.17, 15) is 4.79 Å². The monoisotopic (exact) mass is 411 g/mol. The van der Waals surface area contributed by atoms with Crippen molar-refractivity contribution in [2.45, 2.75) is 13.2 Å². The summed E-state index contributed by atoms with van der Waals surface area (Å²) in [4.78, 5) is 12.6. The van der Waals surface area contributed by atoms with Gasteiger partial charge in [0.2, 0.25) is 0 Å². The highest BCUT2D eigenvalue weighted by molar-refractivity contribution is 6.31. The van der Waals surface area contributed by atoms with Gasteiger partial charge in [0, 0.05) is 22.7 Å². The van der Waals surface area contributed by atoms with E-state index >= 15 is 0 Å². The lowest BCUT2D eigenvalue weighted by atomic mass is 10.1. The second-order valence-electron chi connectivity index (χ2n) is 6.24. The Morgan fingerprint density at radius 3 is 2.28 bits per heavy atom. The molecule has 0 aliphatic carbocycles. The minimum atomic E-state index is -0.203. The number of methoxy groups -OCH3 is 2. The largest absolute Gasteiger partial charge is 0.496 e. The summed E-state index contributed by atoms with van der Waals surface area (Å²) in [5.41, 5.74) is 2.12. The summed E-state index contributed by atoms with van der Waals surface area (Å²) in [6, 6.07) is 20.0. The second kappa shape index (κ2) is 9.85. The molecule has 0 heterocycles. The van der Waals surface area contributed by atoms with Crippen LogP contribution in [0.2, 0.25) is 5.02 Å². The molecule has 1 amide bonds. The van der Waals surface area contributed by atoms with Crippen molar-refractivity contribution in [1.29, 1.82) is 0 Å². The summed E-state index contributed by atoms with van der Waals surface area (Å²) >= 11 is 6.15. The van der Waals surface area contributed by atoms with Crippen molar-refractivity contribution < 1.29 is 19.0 Å². The van der Waals surface area contributed by atoms with E-state index in [2.05, 4.69) is 5.32 Å². The van der Waals surface area contributed by atoms with Crippen LogP contribution in [0, 0.1) is 0 Å². The first kappa shape index (κ1) is 20.6. The highest BCUT2D eigenvalue weighted by atomic mass is 35.5. The third kappa shape index (κ3) is 5.21. The van der Waals surface area contributed by atoms with E-state index in [1.54, 1.807) is 38.5 Å². The van der Waals surface area contributed by atoms with Gasteiger partial charge in [0.25, 0.3) is 5.91 Å². The highest BCUT2D eigenvalue weighted by Crippen LogP contribution is 2.28. The lowest BCUT2D eigenvalue weighted by Crippen LogP contribution is -2.23. The lowest BCUT2D eigenvalue weighted by molar-refractivity contribution is 0.0950. The van der Waals surface area contributed by atoms with Gasteiger partial charge in [-0.15, -0.1) is 0 Å². The summed E-state index contributed by atoms with van der Waals surface area (Å²) < 4.78 is 16.6. The van der Waals surface area contributed by atoms with Crippen molar-refractivity contribution >= 4 is 17.5 Å². The fraction of sp³-hybridized carbons (Fsp3) is 0.174. The molecule has 0 radical (unpaired) electrons. The van der Waals surface area contributed by atoms with Gasteiger partial charge in [-0.1, -0.05) is 41.9 Å². The normalized spacial score (nSPS) is 10.3. The standard InChI is InChI=1S/C23H22ClNO4/c1-27-20-12-11-16(23(26)25-14-17-7-3-4-8-19(17)24)13-18(20)15-29-22-10-6-5-9-21(22)28-2/h3-13H,14-15H2,1-2H3,(H,25,26). The zero-order valence-electron chi connectivity index (χ0n) is 16.3. The maximum Gasteiger partial charge on any atom is 0.251 e. The predicted octanol–water partition coefficient (Wildman–Crippen LogP) is 4.87. The third-order valence-corrected chi connectivity index (χ3v) is 4.76. The van der Waals surface area contributed by atoms with E-state index in [4.69, 9.17) is 25.8 Å². The maximum absolute atomic E-state index is 12.6. The molecule has 0 saturated carbocycles. The summed E-state index contributed by atoms with van der Waals surface area (Å²) in [7, 11) is 3.17. The van der Waals surface area contributed by atoms with Crippen LogP contribution in [-0.2, 0) is 13.2 Å². The first-order chi connectivity index (χ1) is 14.1. The first-order valence-corrected chi connectivity index (χ1v) is 9.44. The molecular formula is C23H22ClNO4. The SMILES string of the molecule is COc1ccc(C(=O)NCc2ccccc2Cl)cc1COc1ccccc1OC. The van der Waals surface area contributed by atoms with Gasteiger partial charge in [-0.2, -0.15) is 0 Å². The number of ether oxygens (including phenoxy) is 3. The average molecular weight is 412 g/mol. The summed E-state index contributed by atoms with van der Waals surface area (Å²) in [5, 5.41) is 3.51. The maximum atomic E-state index is 12.6. The molecule has 0 aliphatic heterocycles. The summed E-state index contributed by atoms with van der Waals surface area (Å²) in [6.45, 7) is 0.576. The van der Waals surface area contributed by atoms with E-state index in [1.165, 1.54) is 0 Å². The molecule has 5 nitrogen and oxygen atoms in total. The summed E-state index contributed by atoms with van der Waals surface area (Å²) in [5.74, 6) is 1.69. The molecule has 0 aromatic heterocycles. The van der Waals surface area contributed by atoms with Crippen molar-refractivity contribution in [2.75, 3.05) is 14.2 Å². The Bertz CT molecular complexity index is 990. The predicted molar refractivity (Wildman–Crippen MR) is 113 cm³/mol. The van der Waals surface area contributed by atoms with Crippen LogP contribution in [0.5, 0.6) is 17.2 Å². The molecule has 6 heteroatoms. The lowest BCUT2D eigenvalue weighted by Gasteiger charge is -2.14.